The zero-order valence-electron chi connectivity index (χ0n) is 8.81. The summed E-state index contributed by atoms with van der Waals surface area (Å²) in [7, 11) is 1.57. The Kier molecular flexibility index (Phi) is 4.82. The molecular weight excluding hydrogens is 209 g/mol. The molecule has 1 aliphatic rings. The molecule has 3 nitrogen and oxygen atoms in total. The van der Waals surface area contributed by atoms with E-state index in [1.54, 1.807) is 7.05 Å². The number of hydrogen-bond acceptors (Lipinski definition) is 3. The number of ether oxygens (including phenoxy) is 1. The molecule has 1 unspecified atom stereocenters. The van der Waals surface area contributed by atoms with Crippen LogP contribution in [-0.2, 0) is 4.74 Å². The second-order valence-corrected chi connectivity index (χ2v) is 3.72. The Bertz CT molecular complexity index is 181. The molecule has 1 N–H and O–H groups in total. The molecule has 0 aromatic rings. The molecule has 0 bridgehead atoms. The highest BCUT2D eigenvalue weighted by atomic mass is 19.4. The van der Waals surface area contributed by atoms with Crippen LogP contribution in [0.3, 0.4) is 0 Å². The van der Waals surface area contributed by atoms with E-state index in [4.69, 9.17) is 4.74 Å². The lowest BCUT2D eigenvalue weighted by atomic mass is 10.2. The summed E-state index contributed by atoms with van der Waals surface area (Å²) in [6.45, 7) is 3.09. The van der Waals surface area contributed by atoms with Gasteiger partial charge in [0.1, 0.15) is 0 Å². The highest BCUT2D eigenvalue weighted by Crippen LogP contribution is 2.21. The minimum Gasteiger partial charge on any atom is -0.379 e. The van der Waals surface area contributed by atoms with Gasteiger partial charge in [-0.3, -0.25) is 4.90 Å². The Morgan fingerprint density at radius 3 is 2.40 bits per heavy atom. The molecule has 1 fully saturated rings. The summed E-state index contributed by atoms with van der Waals surface area (Å²) in [5.41, 5.74) is 0. The normalized spacial score (nSPS) is 21.6. The smallest absolute Gasteiger partial charge is 0.379 e. The molecule has 6 heteroatoms. The van der Waals surface area contributed by atoms with Crippen molar-refractivity contribution in [3.63, 3.8) is 0 Å². The Hall–Kier alpha value is -0.330. The number of nitrogens with zero attached hydrogens (tertiary/aromatic N) is 1. The average Bonchev–Trinajstić information content (AvgIpc) is 2.16. The van der Waals surface area contributed by atoms with Crippen molar-refractivity contribution in [1.82, 2.24) is 10.2 Å². The van der Waals surface area contributed by atoms with Gasteiger partial charge in [0.25, 0.3) is 0 Å². The summed E-state index contributed by atoms with van der Waals surface area (Å²) >= 11 is 0. The van der Waals surface area contributed by atoms with Crippen LogP contribution < -0.4 is 5.32 Å². The first-order chi connectivity index (χ1) is 7.01. The maximum absolute atomic E-state index is 12.2. The Morgan fingerprint density at radius 2 is 1.93 bits per heavy atom. The Labute approximate surface area is 87.6 Å². The van der Waals surface area contributed by atoms with Gasteiger partial charge in [-0.1, -0.05) is 0 Å². The molecule has 0 aromatic carbocycles. The molecule has 0 saturated carbocycles. The Morgan fingerprint density at radius 1 is 1.33 bits per heavy atom. The summed E-state index contributed by atoms with van der Waals surface area (Å²) in [5, 5.41) is 2.70. The van der Waals surface area contributed by atoms with Crippen LogP contribution >= 0.6 is 0 Å². The predicted octanol–water partition coefficient (Wildman–Crippen LogP) is 0.859. The maximum atomic E-state index is 12.2. The maximum Gasteiger partial charge on any atom is 0.390 e. The fraction of sp³-hybridized carbons (Fsp3) is 1.00. The molecule has 1 atom stereocenters. The summed E-state index contributed by atoms with van der Waals surface area (Å²) in [6, 6.07) is -0.525. The van der Waals surface area contributed by atoms with E-state index >= 15 is 0 Å². The van der Waals surface area contributed by atoms with Gasteiger partial charge in [0.05, 0.1) is 19.6 Å². The first kappa shape index (κ1) is 12.7. The lowest BCUT2D eigenvalue weighted by Gasteiger charge is -2.30. The van der Waals surface area contributed by atoms with Gasteiger partial charge in [0.2, 0.25) is 0 Å². The van der Waals surface area contributed by atoms with E-state index in [0.717, 1.165) is 13.1 Å². The topological polar surface area (TPSA) is 24.5 Å². The van der Waals surface area contributed by atoms with E-state index in [2.05, 4.69) is 5.32 Å². The van der Waals surface area contributed by atoms with Crippen molar-refractivity contribution in [3.8, 4) is 0 Å². The number of hydrogen-bond donors (Lipinski definition) is 1. The SMILES string of the molecule is CNC(CN1CCOCC1)CC(F)(F)F. The largest absolute Gasteiger partial charge is 0.390 e. The first-order valence-electron chi connectivity index (χ1n) is 5.05. The molecule has 1 aliphatic heterocycles. The summed E-state index contributed by atoms with van der Waals surface area (Å²) in [4.78, 5) is 2.00. The van der Waals surface area contributed by atoms with Crippen LogP contribution in [0.5, 0.6) is 0 Å². The number of likely N-dealkylation sites (N-methyl/N-ethyl adjacent to an activating group) is 1. The summed E-state index contributed by atoms with van der Waals surface area (Å²) < 4.78 is 41.6. The third-order valence-corrected chi connectivity index (χ3v) is 2.47. The van der Waals surface area contributed by atoms with Gasteiger partial charge in [-0.05, 0) is 7.05 Å². The van der Waals surface area contributed by atoms with Crippen LogP contribution in [0, 0.1) is 0 Å². The Balaban J connectivity index is 2.31. The van der Waals surface area contributed by atoms with Crippen molar-refractivity contribution in [2.24, 2.45) is 0 Å². The minimum absolute atomic E-state index is 0.430. The zero-order valence-corrected chi connectivity index (χ0v) is 8.81. The number of halogens is 3. The zero-order chi connectivity index (χ0) is 11.3. The van der Waals surface area contributed by atoms with Gasteiger partial charge in [0.15, 0.2) is 0 Å². The highest BCUT2D eigenvalue weighted by Gasteiger charge is 2.32. The lowest BCUT2D eigenvalue weighted by Crippen LogP contribution is -2.46. The van der Waals surface area contributed by atoms with E-state index < -0.39 is 18.6 Å². The molecular formula is C9H17F3N2O. The number of rotatable bonds is 4. The van der Waals surface area contributed by atoms with Crippen LogP contribution in [0.4, 0.5) is 13.2 Å². The van der Waals surface area contributed by atoms with E-state index in [-0.39, 0.29) is 0 Å². The predicted molar refractivity (Wildman–Crippen MR) is 50.8 cm³/mol. The minimum atomic E-state index is -4.10. The molecule has 0 spiro atoms. The molecule has 1 heterocycles. The molecule has 0 radical (unpaired) electrons. The summed E-state index contributed by atoms with van der Waals surface area (Å²) in [6.07, 6.45) is -4.87. The molecule has 1 saturated heterocycles. The molecule has 0 amide bonds. The quantitative estimate of drug-likeness (QED) is 0.769. The van der Waals surface area contributed by atoms with Crippen LogP contribution in [0.1, 0.15) is 6.42 Å². The van der Waals surface area contributed by atoms with Crippen LogP contribution in [0.2, 0.25) is 0 Å². The fourth-order valence-electron chi connectivity index (χ4n) is 1.63. The fourth-order valence-corrected chi connectivity index (χ4v) is 1.63. The lowest BCUT2D eigenvalue weighted by molar-refractivity contribution is -0.141. The van der Waals surface area contributed by atoms with Gasteiger partial charge >= 0.3 is 6.18 Å². The number of alkyl halides is 3. The van der Waals surface area contributed by atoms with Gasteiger partial charge < -0.3 is 10.1 Å². The van der Waals surface area contributed by atoms with Crippen LogP contribution in [-0.4, -0.2) is 57.0 Å². The van der Waals surface area contributed by atoms with E-state index in [1.165, 1.54) is 0 Å². The molecule has 1 rings (SSSR count). The second-order valence-electron chi connectivity index (χ2n) is 3.72. The van der Waals surface area contributed by atoms with Gasteiger partial charge in [-0.2, -0.15) is 13.2 Å². The second kappa shape index (κ2) is 5.67. The molecule has 0 aliphatic carbocycles. The van der Waals surface area contributed by atoms with E-state index in [1.807, 2.05) is 4.90 Å². The highest BCUT2D eigenvalue weighted by molar-refractivity contribution is 4.75. The van der Waals surface area contributed by atoms with Crippen LogP contribution in [0.25, 0.3) is 0 Å². The van der Waals surface area contributed by atoms with E-state index in [9.17, 15) is 13.2 Å². The van der Waals surface area contributed by atoms with Crippen molar-refractivity contribution in [3.05, 3.63) is 0 Å². The van der Waals surface area contributed by atoms with Crippen LogP contribution in [0.15, 0.2) is 0 Å². The third-order valence-electron chi connectivity index (χ3n) is 2.47. The molecule has 15 heavy (non-hydrogen) atoms. The molecule has 0 aromatic heterocycles. The van der Waals surface area contributed by atoms with Crippen molar-refractivity contribution in [2.75, 3.05) is 39.9 Å². The number of nitrogens with one attached hydrogen (secondary N) is 1. The van der Waals surface area contributed by atoms with Crippen molar-refractivity contribution < 1.29 is 17.9 Å². The van der Waals surface area contributed by atoms with E-state index in [0.29, 0.717) is 19.8 Å². The third kappa shape index (κ3) is 5.34. The molecule has 90 valence electrons. The van der Waals surface area contributed by atoms with Gasteiger partial charge in [-0.15, -0.1) is 0 Å². The summed E-state index contributed by atoms with van der Waals surface area (Å²) in [5.74, 6) is 0. The standard InChI is InChI=1S/C9H17F3N2O/c1-13-8(6-9(10,11)12)7-14-2-4-15-5-3-14/h8,13H,2-7H2,1H3. The van der Waals surface area contributed by atoms with Gasteiger partial charge in [-0.25, -0.2) is 0 Å². The van der Waals surface area contributed by atoms with Crippen molar-refractivity contribution >= 4 is 0 Å². The first-order valence-corrected chi connectivity index (χ1v) is 5.05. The van der Waals surface area contributed by atoms with Crippen molar-refractivity contribution in [1.29, 1.82) is 0 Å². The average molecular weight is 226 g/mol. The monoisotopic (exact) mass is 226 g/mol. The van der Waals surface area contributed by atoms with Gasteiger partial charge in [0, 0.05) is 25.7 Å². The number of morpholine rings is 1. The van der Waals surface area contributed by atoms with Crippen molar-refractivity contribution in [2.45, 2.75) is 18.6 Å².